The van der Waals surface area contributed by atoms with E-state index in [1.807, 2.05) is 48.5 Å². The summed E-state index contributed by atoms with van der Waals surface area (Å²) in [6.07, 6.45) is -1.06. The van der Waals surface area contributed by atoms with Crippen molar-refractivity contribution < 1.29 is 36.6 Å². The Labute approximate surface area is 163 Å². The molecule has 28 heavy (non-hydrogen) atoms. The van der Waals surface area contributed by atoms with Crippen LogP contribution >= 0.6 is 17.2 Å². The highest BCUT2D eigenvalue weighted by Crippen LogP contribution is 2.56. The Morgan fingerprint density at radius 1 is 0.607 bits per heavy atom. The molecular weight excluding hydrogens is 406 g/mol. The zero-order valence-corrected chi connectivity index (χ0v) is 16.3. The number of fused-ring (bicyclic) bond motifs is 3. The van der Waals surface area contributed by atoms with E-state index in [0.717, 1.165) is 0 Å². The number of rotatable bonds is 4. The van der Waals surface area contributed by atoms with E-state index in [1.54, 1.807) is 0 Å². The molecule has 4 aliphatic rings. The van der Waals surface area contributed by atoms with Crippen LogP contribution in [0.1, 0.15) is 0 Å². The third-order valence-electron chi connectivity index (χ3n) is 4.80. The van der Waals surface area contributed by atoms with Gasteiger partial charge < -0.3 is 27.6 Å². The predicted molar refractivity (Wildman–Crippen MR) is 98.5 cm³/mol. The van der Waals surface area contributed by atoms with E-state index in [9.17, 15) is 0 Å². The normalized spacial score (nSPS) is 30.7. The Kier molecular flexibility index (Phi) is 4.30. The fourth-order valence-corrected chi connectivity index (χ4v) is 5.77. The van der Waals surface area contributed by atoms with Crippen LogP contribution in [0, 0.1) is 0 Å². The van der Waals surface area contributed by atoms with Crippen LogP contribution < -0.4 is 18.1 Å². The summed E-state index contributed by atoms with van der Waals surface area (Å²) in [6.45, 7) is 0.772. The number of benzene rings is 2. The molecule has 146 valence electrons. The van der Waals surface area contributed by atoms with Crippen LogP contribution in [-0.2, 0) is 18.5 Å². The molecule has 0 aromatic heterocycles. The lowest BCUT2D eigenvalue weighted by molar-refractivity contribution is 0.0152. The van der Waals surface area contributed by atoms with Crippen LogP contribution in [0.4, 0.5) is 0 Å². The number of hydrogen-bond donors (Lipinski definition) is 0. The standard InChI is InChI=1S/C18H16O8P2/c1-2-6-12-11(5-1)21-27(22-12)25-15-9-19-18-16(10-20-17(15)18)26-28-23-13-7-3-4-8-14(13)24-28/h1-8,15-18H,9-10H2/t15-,16-,17?,18?/m1/s1. The van der Waals surface area contributed by atoms with Crippen LogP contribution in [0.2, 0.25) is 0 Å². The third-order valence-corrected chi connectivity index (χ3v) is 7.06. The molecule has 0 spiro atoms. The van der Waals surface area contributed by atoms with E-state index in [2.05, 4.69) is 0 Å². The van der Waals surface area contributed by atoms with E-state index in [1.165, 1.54) is 0 Å². The van der Waals surface area contributed by atoms with Gasteiger partial charge in [0.2, 0.25) is 0 Å². The van der Waals surface area contributed by atoms with E-state index in [0.29, 0.717) is 36.2 Å². The van der Waals surface area contributed by atoms with Gasteiger partial charge in [-0.2, -0.15) is 0 Å². The smallest absolute Gasteiger partial charge is 0.414 e. The fraction of sp³-hybridized carbons (Fsp3) is 0.333. The van der Waals surface area contributed by atoms with Gasteiger partial charge in [0.15, 0.2) is 23.0 Å². The molecule has 4 aliphatic heterocycles. The highest BCUT2D eigenvalue weighted by atomic mass is 31.2. The van der Waals surface area contributed by atoms with Crippen LogP contribution in [0.25, 0.3) is 0 Å². The molecule has 0 radical (unpaired) electrons. The number of para-hydroxylation sites is 4. The van der Waals surface area contributed by atoms with Crippen molar-refractivity contribution in [3.05, 3.63) is 48.5 Å². The predicted octanol–water partition coefficient (Wildman–Crippen LogP) is 3.95. The maximum absolute atomic E-state index is 6.00. The lowest BCUT2D eigenvalue weighted by atomic mass is 10.1. The van der Waals surface area contributed by atoms with Gasteiger partial charge in [0.25, 0.3) is 0 Å². The van der Waals surface area contributed by atoms with Crippen LogP contribution in [0.15, 0.2) is 48.5 Å². The van der Waals surface area contributed by atoms with Gasteiger partial charge in [-0.3, -0.25) is 9.05 Å². The summed E-state index contributed by atoms with van der Waals surface area (Å²) in [5.74, 6) is 2.76. The van der Waals surface area contributed by atoms with Crippen LogP contribution in [-0.4, -0.2) is 37.6 Å². The first-order valence-corrected chi connectivity index (χ1v) is 11.1. The topological polar surface area (TPSA) is 73.8 Å². The summed E-state index contributed by atoms with van der Waals surface area (Å²) >= 11 is 0. The minimum absolute atomic E-state index is 0.247. The Bertz CT molecular complexity index is 761. The summed E-state index contributed by atoms with van der Waals surface area (Å²) in [5, 5.41) is 0. The van der Waals surface area contributed by atoms with Crippen molar-refractivity contribution in [3.8, 4) is 23.0 Å². The number of ether oxygens (including phenoxy) is 2. The molecule has 2 saturated heterocycles. The first-order chi connectivity index (χ1) is 13.8. The molecule has 8 nitrogen and oxygen atoms in total. The largest absolute Gasteiger partial charge is 0.463 e. The minimum Gasteiger partial charge on any atom is -0.414 e. The molecule has 0 amide bonds. The van der Waals surface area contributed by atoms with E-state index >= 15 is 0 Å². The van der Waals surface area contributed by atoms with E-state index < -0.39 is 17.2 Å². The van der Waals surface area contributed by atoms with Crippen molar-refractivity contribution in [2.45, 2.75) is 24.4 Å². The summed E-state index contributed by atoms with van der Waals surface area (Å²) in [6, 6.07) is 15.0. The Morgan fingerprint density at radius 3 is 1.32 bits per heavy atom. The van der Waals surface area contributed by atoms with Gasteiger partial charge in [0.05, 0.1) is 13.2 Å². The maximum atomic E-state index is 6.00. The molecule has 4 atom stereocenters. The third kappa shape index (κ3) is 3.01. The van der Waals surface area contributed by atoms with Gasteiger partial charge in [0.1, 0.15) is 24.4 Å². The highest BCUT2D eigenvalue weighted by Gasteiger charge is 2.52. The zero-order chi connectivity index (χ0) is 18.5. The molecule has 0 bridgehead atoms. The maximum Gasteiger partial charge on any atom is 0.463 e. The van der Waals surface area contributed by atoms with E-state index in [4.69, 9.17) is 36.6 Å². The monoisotopic (exact) mass is 422 g/mol. The Balaban J connectivity index is 1.06. The second kappa shape index (κ2) is 6.99. The fourth-order valence-electron chi connectivity index (χ4n) is 3.48. The summed E-state index contributed by atoms with van der Waals surface area (Å²) in [4.78, 5) is 0. The number of hydrogen-bond acceptors (Lipinski definition) is 8. The van der Waals surface area contributed by atoms with Crippen molar-refractivity contribution in [2.75, 3.05) is 13.2 Å². The van der Waals surface area contributed by atoms with Gasteiger partial charge >= 0.3 is 17.2 Å². The molecule has 2 fully saturated rings. The van der Waals surface area contributed by atoms with Crippen LogP contribution in [0.5, 0.6) is 23.0 Å². The second-order valence-electron chi connectivity index (χ2n) is 6.59. The SMILES string of the molecule is c1ccc2c(c1)OP(O[C@@H]1COC3C1OC[C@H]3OP1Oc3ccccc3O1)O2. The lowest BCUT2D eigenvalue weighted by Gasteiger charge is -2.18. The van der Waals surface area contributed by atoms with Crippen molar-refractivity contribution in [1.29, 1.82) is 0 Å². The van der Waals surface area contributed by atoms with Gasteiger partial charge in [-0.15, -0.1) is 0 Å². The molecular formula is C18H16O8P2. The van der Waals surface area contributed by atoms with Gasteiger partial charge in [-0.1, -0.05) is 24.3 Å². The van der Waals surface area contributed by atoms with Crippen molar-refractivity contribution in [2.24, 2.45) is 0 Å². The van der Waals surface area contributed by atoms with Crippen molar-refractivity contribution >= 4 is 17.2 Å². The van der Waals surface area contributed by atoms with Crippen LogP contribution in [0.3, 0.4) is 0 Å². The quantitative estimate of drug-likeness (QED) is 0.686. The minimum atomic E-state index is -1.51. The highest BCUT2D eigenvalue weighted by molar-refractivity contribution is 7.43. The van der Waals surface area contributed by atoms with E-state index in [-0.39, 0.29) is 24.4 Å². The average Bonchev–Trinajstić information content (AvgIpc) is 3.46. The summed E-state index contributed by atoms with van der Waals surface area (Å²) in [7, 11) is -3.02. The summed E-state index contributed by atoms with van der Waals surface area (Å²) < 4.78 is 46.7. The van der Waals surface area contributed by atoms with Crippen molar-refractivity contribution in [1.82, 2.24) is 0 Å². The average molecular weight is 422 g/mol. The molecule has 2 aromatic rings. The molecule has 4 heterocycles. The molecule has 2 unspecified atom stereocenters. The molecule has 0 N–H and O–H groups in total. The summed E-state index contributed by atoms with van der Waals surface area (Å²) in [5.41, 5.74) is 0. The second-order valence-corrected chi connectivity index (χ2v) is 8.64. The Morgan fingerprint density at radius 2 is 0.964 bits per heavy atom. The molecule has 0 aliphatic carbocycles. The molecule has 2 aromatic carbocycles. The first-order valence-electron chi connectivity index (χ1n) is 8.90. The zero-order valence-electron chi connectivity index (χ0n) is 14.5. The lowest BCUT2D eigenvalue weighted by Crippen LogP contribution is -2.33. The Hall–Kier alpha value is -1.66. The molecule has 6 rings (SSSR count). The first kappa shape index (κ1) is 17.2. The van der Waals surface area contributed by atoms with Gasteiger partial charge in [0, 0.05) is 0 Å². The molecule has 10 heteroatoms. The molecule has 0 saturated carbocycles. The van der Waals surface area contributed by atoms with Gasteiger partial charge in [-0.05, 0) is 24.3 Å². The van der Waals surface area contributed by atoms with Crippen molar-refractivity contribution in [3.63, 3.8) is 0 Å². The van der Waals surface area contributed by atoms with Gasteiger partial charge in [-0.25, -0.2) is 0 Å².